The van der Waals surface area contributed by atoms with Crippen LogP contribution in [0, 0.1) is 12.8 Å². The van der Waals surface area contributed by atoms with E-state index in [1.165, 1.54) is 18.4 Å². The molecule has 2 aromatic heterocycles. The maximum absolute atomic E-state index is 12.6. The normalized spacial score (nSPS) is 21.5. The van der Waals surface area contributed by atoms with Gasteiger partial charge in [-0.25, -0.2) is 0 Å². The van der Waals surface area contributed by atoms with Gasteiger partial charge in [-0.15, -0.1) is 0 Å². The average molecular weight is 355 g/mol. The number of hydrogen-bond donors (Lipinski definition) is 1. The third kappa shape index (κ3) is 2.86. The van der Waals surface area contributed by atoms with Crippen LogP contribution in [0.2, 0.25) is 0 Å². The van der Waals surface area contributed by atoms with Gasteiger partial charge in [-0.05, 0) is 50.5 Å². The van der Waals surface area contributed by atoms with Crippen LogP contribution >= 0.6 is 0 Å². The molecule has 1 saturated heterocycles. The fraction of sp³-hybridized carbons (Fsp3) is 0.600. The summed E-state index contributed by atoms with van der Waals surface area (Å²) in [5.74, 6) is 1.97. The van der Waals surface area contributed by atoms with Gasteiger partial charge in [-0.2, -0.15) is 5.10 Å². The lowest BCUT2D eigenvalue weighted by atomic mass is 9.93. The van der Waals surface area contributed by atoms with Crippen LogP contribution in [0.3, 0.4) is 0 Å². The molecule has 5 rings (SSSR count). The molecular weight excluding hydrogens is 330 g/mol. The molecule has 2 aliphatic carbocycles. The molecule has 3 heterocycles. The Bertz CT molecular complexity index is 841. The second kappa shape index (κ2) is 6.27. The van der Waals surface area contributed by atoms with Gasteiger partial charge >= 0.3 is 0 Å². The van der Waals surface area contributed by atoms with Crippen molar-refractivity contribution in [1.82, 2.24) is 15.1 Å². The summed E-state index contributed by atoms with van der Waals surface area (Å²) >= 11 is 0. The SMILES string of the molecule is Cc1c(C(=O)NC[C@@H]2CCCO2)oc2c1-c1nn(CC3CC3)cc1CC2. The summed E-state index contributed by atoms with van der Waals surface area (Å²) in [6, 6.07) is 0. The molecule has 0 unspecified atom stereocenters. The van der Waals surface area contributed by atoms with Crippen molar-refractivity contribution in [3.05, 3.63) is 28.8 Å². The molecule has 0 radical (unpaired) electrons. The summed E-state index contributed by atoms with van der Waals surface area (Å²) in [5.41, 5.74) is 4.21. The Balaban J connectivity index is 1.38. The van der Waals surface area contributed by atoms with Crippen LogP contribution in [0.15, 0.2) is 10.6 Å². The smallest absolute Gasteiger partial charge is 0.287 e. The first-order valence-corrected chi connectivity index (χ1v) is 9.78. The van der Waals surface area contributed by atoms with Crippen molar-refractivity contribution in [2.45, 2.75) is 58.1 Å². The summed E-state index contributed by atoms with van der Waals surface area (Å²) in [7, 11) is 0. The molecule has 1 saturated carbocycles. The van der Waals surface area contributed by atoms with Gasteiger partial charge < -0.3 is 14.5 Å². The van der Waals surface area contributed by atoms with Crippen molar-refractivity contribution in [1.29, 1.82) is 0 Å². The zero-order valence-corrected chi connectivity index (χ0v) is 15.2. The third-order valence-corrected chi connectivity index (χ3v) is 5.78. The Morgan fingerprint density at radius 1 is 1.35 bits per heavy atom. The van der Waals surface area contributed by atoms with Crippen LogP contribution in [0.5, 0.6) is 0 Å². The second-order valence-corrected chi connectivity index (χ2v) is 7.87. The van der Waals surface area contributed by atoms with E-state index in [0.29, 0.717) is 12.3 Å². The zero-order chi connectivity index (χ0) is 17.7. The summed E-state index contributed by atoms with van der Waals surface area (Å²) in [6.45, 7) is 4.32. The van der Waals surface area contributed by atoms with E-state index >= 15 is 0 Å². The predicted molar refractivity (Wildman–Crippen MR) is 96.1 cm³/mol. The minimum absolute atomic E-state index is 0.133. The molecule has 1 N–H and O–H groups in total. The van der Waals surface area contributed by atoms with Crippen LogP contribution in [-0.4, -0.2) is 34.9 Å². The Morgan fingerprint density at radius 2 is 2.23 bits per heavy atom. The van der Waals surface area contributed by atoms with E-state index < -0.39 is 0 Å². The number of nitrogens with one attached hydrogen (secondary N) is 1. The summed E-state index contributed by atoms with van der Waals surface area (Å²) in [4.78, 5) is 12.6. The van der Waals surface area contributed by atoms with E-state index in [-0.39, 0.29) is 12.0 Å². The number of ether oxygens (including phenoxy) is 1. The number of furan rings is 1. The lowest BCUT2D eigenvalue weighted by Crippen LogP contribution is -2.31. The monoisotopic (exact) mass is 355 g/mol. The fourth-order valence-corrected chi connectivity index (χ4v) is 4.13. The zero-order valence-electron chi connectivity index (χ0n) is 15.2. The van der Waals surface area contributed by atoms with Crippen LogP contribution in [0.4, 0.5) is 0 Å². The van der Waals surface area contributed by atoms with Gasteiger partial charge in [0.25, 0.3) is 5.91 Å². The first-order chi connectivity index (χ1) is 12.7. The maximum Gasteiger partial charge on any atom is 0.287 e. The van der Waals surface area contributed by atoms with Crippen molar-refractivity contribution in [3.8, 4) is 11.3 Å². The number of aromatic nitrogens is 2. The molecule has 6 heteroatoms. The maximum atomic E-state index is 12.6. The highest BCUT2D eigenvalue weighted by molar-refractivity contribution is 5.95. The molecule has 6 nitrogen and oxygen atoms in total. The third-order valence-electron chi connectivity index (χ3n) is 5.78. The summed E-state index contributed by atoms with van der Waals surface area (Å²) in [5, 5.41) is 7.79. The lowest BCUT2D eigenvalue weighted by Gasteiger charge is -2.10. The van der Waals surface area contributed by atoms with Gasteiger partial charge in [0.15, 0.2) is 5.76 Å². The molecule has 0 spiro atoms. The van der Waals surface area contributed by atoms with Gasteiger partial charge in [0.05, 0.1) is 11.8 Å². The van der Waals surface area contributed by atoms with Crippen LogP contribution in [-0.2, 0) is 24.1 Å². The Hall–Kier alpha value is -2.08. The fourth-order valence-electron chi connectivity index (χ4n) is 4.13. The molecule has 1 amide bonds. The molecule has 3 aliphatic rings. The first kappa shape index (κ1) is 16.1. The number of aryl methyl sites for hydroxylation is 2. The highest BCUT2D eigenvalue weighted by Crippen LogP contribution is 2.39. The van der Waals surface area contributed by atoms with Crippen molar-refractivity contribution in [2.75, 3.05) is 13.2 Å². The predicted octanol–water partition coefficient (Wildman–Crippen LogP) is 2.87. The number of rotatable bonds is 5. The van der Waals surface area contributed by atoms with Crippen LogP contribution in [0.1, 0.15) is 53.1 Å². The highest BCUT2D eigenvalue weighted by atomic mass is 16.5. The quantitative estimate of drug-likeness (QED) is 0.895. The van der Waals surface area contributed by atoms with Crippen molar-refractivity contribution in [3.63, 3.8) is 0 Å². The molecule has 1 atom stereocenters. The van der Waals surface area contributed by atoms with Crippen LogP contribution < -0.4 is 5.32 Å². The van der Waals surface area contributed by atoms with Gasteiger partial charge in [-0.3, -0.25) is 9.48 Å². The van der Waals surface area contributed by atoms with Gasteiger partial charge in [0.1, 0.15) is 5.76 Å². The molecular formula is C20H25N3O3. The van der Waals surface area contributed by atoms with Crippen LogP contribution in [0.25, 0.3) is 11.3 Å². The highest BCUT2D eigenvalue weighted by Gasteiger charge is 2.31. The number of carbonyl (C=O) groups excluding carboxylic acids is 1. The van der Waals surface area contributed by atoms with Gasteiger partial charge in [-0.1, -0.05) is 0 Å². The molecule has 26 heavy (non-hydrogen) atoms. The van der Waals surface area contributed by atoms with Gasteiger partial charge in [0.2, 0.25) is 0 Å². The lowest BCUT2D eigenvalue weighted by molar-refractivity contribution is 0.0833. The largest absolute Gasteiger partial charge is 0.455 e. The first-order valence-electron chi connectivity index (χ1n) is 9.78. The Kier molecular flexibility index (Phi) is 3.89. The number of hydrogen-bond acceptors (Lipinski definition) is 4. The topological polar surface area (TPSA) is 69.3 Å². The van der Waals surface area contributed by atoms with E-state index in [2.05, 4.69) is 16.2 Å². The molecule has 138 valence electrons. The van der Waals surface area contributed by atoms with Gasteiger partial charge in [0, 0.05) is 43.4 Å². The van der Waals surface area contributed by atoms with E-state index in [4.69, 9.17) is 14.3 Å². The minimum atomic E-state index is -0.147. The average Bonchev–Trinajstić information content (AvgIpc) is 3.03. The number of fused-ring (bicyclic) bond motifs is 3. The molecule has 0 aromatic carbocycles. The molecule has 0 bridgehead atoms. The van der Waals surface area contributed by atoms with E-state index in [1.54, 1.807) is 0 Å². The number of nitrogens with zero attached hydrogens (tertiary/aromatic N) is 2. The molecule has 2 aromatic rings. The second-order valence-electron chi connectivity index (χ2n) is 7.87. The standard InChI is InChI=1S/C20H25N3O3/c1-12-17-16(26-19(12)20(24)21-9-15-3-2-8-25-15)7-6-14-11-23(22-18(14)17)10-13-4-5-13/h11,13,15H,2-10H2,1H3,(H,21,24)/t15-/m0/s1. The van der Waals surface area contributed by atoms with E-state index in [1.807, 2.05) is 6.92 Å². The molecule has 2 fully saturated rings. The number of amides is 1. The number of carbonyl (C=O) groups is 1. The van der Waals surface area contributed by atoms with E-state index in [9.17, 15) is 4.79 Å². The summed E-state index contributed by atoms with van der Waals surface area (Å²) in [6.07, 6.45) is 8.78. The van der Waals surface area contributed by atoms with Crippen molar-refractivity contribution in [2.24, 2.45) is 5.92 Å². The van der Waals surface area contributed by atoms with Crippen molar-refractivity contribution < 1.29 is 13.9 Å². The minimum Gasteiger partial charge on any atom is -0.455 e. The Morgan fingerprint density at radius 3 is 3.00 bits per heavy atom. The molecule has 1 aliphatic heterocycles. The van der Waals surface area contributed by atoms with E-state index in [0.717, 1.165) is 67.3 Å². The Labute approximate surface area is 152 Å². The van der Waals surface area contributed by atoms with Crippen molar-refractivity contribution >= 4 is 5.91 Å². The summed E-state index contributed by atoms with van der Waals surface area (Å²) < 4.78 is 13.6.